The molecule has 5 nitrogen and oxygen atoms in total. The van der Waals surface area contributed by atoms with E-state index in [4.69, 9.17) is 4.74 Å². The van der Waals surface area contributed by atoms with E-state index in [0.717, 1.165) is 0 Å². The summed E-state index contributed by atoms with van der Waals surface area (Å²) in [7, 11) is -1.55. The van der Waals surface area contributed by atoms with Crippen LogP contribution in [0.5, 0.6) is 5.75 Å². The van der Waals surface area contributed by atoms with Crippen molar-refractivity contribution < 1.29 is 17.9 Å². The Hall–Kier alpha value is -1.56. The van der Waals surface area contributed by atoms with Crippen molar-refractivity contribution in [2.75, 3.05) is 18.6 Å². The SMILES string of the molecule is COc1ccccc1C(=O)NC1(C)CCS(=O)(=O)C1. The van der Waals surface area contributed by atoms with Gasteiger partial charge in [0, 0.05) is 0 Å². The van der Waals surface area contributed by atoms with Crippen molar-refractivity contribution in [2.45, 2.75) is 18.9 Å². The van der Waals surface area contributed by atoms with Crippen molar-refractivity contribution in [3.05, 3.63) is 29.8 Å². The monoisotopic (exact) mass is 283 g/mol. The molecule has 1 N–H and O–H groups in total. The molecule has 0 aromatic heterocycles. The van der Waals surface area contributed by atoms with Crippen LogP contribution in [0.25, 0.3) is 0 Å². The fourth-order valence-corrected chi connectivity index (χ4v) is 4.38. The molecule has 0 radical (unpaired) electrons. The molecular weight excluding hydrogens is 266 g/mol. The number of carbonyl (C=O) groups excluding carboxylic acids is 1. The molecule has 1 aliphatic rings. The Morgan fingerprint density at radius 3 is 2.63 bits per heavy atom. The quantitative estimate of drug-likeness (QED) is 0.898. The lowest BCUT2D eigenvalue weighted by molar-refractivity contribution is 0.0912. The summed E-state index contributed by atoms with van der Waals surface area (Å²) in [5.41, 5.74) is -0.285. The van der Waals surface area contributed by atoms with Gasteiger partial charge in [-0.2, -0.15) is 0 Å². The molecule has 0 spiro atoms. The maximum atomic E-state index is 12.2. The summed E-state index contributed by atoms with van der Waals surface area (Å²) in [4.78, 5) is 12.2. The van der Waals surface area contributed by atoms with Crippen LogP contribution in [0, 0.1) is 0 Å². The van der Waals surface area contributed by atoms with Gasteiger partial charge in [0.1, 0.15) is 5.75 Å². The Labute approximate surface area is 112 Å². The van der Waals surface area contributed by atoms with Crippen molar-refractivity contribution in [3.63, 3.8) is 0 Å². The lowest BCUT2D eigenvalue weighted by atomic mass is 10.0. The largest absolute Gasteiger partial charge is 0.496 e. The Morgan fingerprint density at radius 2 is 2.05 bits per heavy atom. The zero-order valence-electron chi connectivity index (χ0n) is 11.0. The first-order valence-electron chi connectivity index (χ1n) is 6.01. The van der Waals surface area contributed by atoms with E-state index in [1.165, 1.54) is 7.11 Å². The summed E-state index contributed by atoms with van der Waals surface area (Å²) in [5, 5.41) is 2.80. The highest BCUT2D eigenvalue weighted by atomic mass is 32.2. The van der Waals surface area contributed by atoms with Crippen LogP contribution < -0.4 is 10.1 Å². The van der Waals surface area contributed by atoms with Crippen molar-refractivity contribution in [1.82, 2.24) is 5.32 Å². The zero-order chi connectivity index (χ0) is 14.1. The first-order chi connectivity index (χ1) is 8.85. The van der Waals surface area contributed by atoms with Gasteiger partial charge >= 0.3 is 0 Å². The summed E-state index contributed by atoms with van der Waals surface area (Å²) in [6.45, 7) is 1.75. The van der Waals surface area contributed by atoms with Gasteiger partial charge in [-0.3, -0.25) is 4.79 Å². The first kappa shape index (κ1) is 13.9. The normalized spacial score (nSPS) is 24.9. The summed E-state index contributed by atoms with van der Waals surface area (Å²) in [6.07, 6.45) is 0.441. The topological polar surface area (TPSA) is 72.5 Å². The Bertz CT molecular complexity index is 596. The molecule has 0 bridgehead atoms. The number of hydrogen-bond donors (Lipinski definition) is 1. The second-order valence-corrected chi connectivity index (χ2v) is 7.24. The van der Waals surface area contributed by atoms with Crippen molar-refractivity contribution in [2.24, 2.45) is 0 Å². The minimum atomic E-state index is -3.04. The fraction of sp³-hybridized carbons (Fsp3) is 0.462. The van der Waals surface area contributed by atoms with E-state index in [-0.39, 0.29) is 17.4 Å². The summed E-state index contributed by atoms with van der Waals surface area (Å²) >= 11 is 0. The van der Waals surface area contributed by atoms with E-state index in [9.17, 15) is 13.2 Å². The van der Waals surface area contributed by atoms with Crippen LogP contribution in [0.1, 0.15) is 23.7 Å². The van der Waals surface area contributed by atoms with Crippen molar-refractivity contribution in [3.8, 4) is 5.75 Å². The van der Waals surface area contributed by atoms with Gasteiger partial charge in [-0.1, -0.05) is 12.1 Å². The number of nitrogens with one attached hydrogen (secondary N) is 1. The number of ether oxygens (including phenoxy) is 1. The third-order valence-corrected chi connectivity index (χ3v) is 5.17. The molecule has 1 saturated heterocycles. The molecule has 2 rings (SSSR count). The maximum absolute atomic E-state index is 12.2. The minimum absolute atomic E-state index is 0.0130. The second-order valence-electron chi connectivity index (χ2n) is 5.06. The summed E-state index contributed by atoms with van der Waals surface area (Å²) < 4.78 is 28.1. The third kappa shape index (κ3) is 3.07. The number of rotatable bonds is 3. The number of hydrogen-bond acceptors (Lipinski definition) is 4. The molecule has 1 unspecified atom stereocenters. The average molecular weight is 283 g/mol. The highest BCUT2D eigenvalue weighted by molar-refractivity contribution is 7.91. The van der Waals surface area contributed by atoms with Gasteiger partial charge in [-0.15, -0.1) is 0 Å². The number of methoxy groups -OCH3 is 1. The predicted octanol–water partition coefficient (Wildman–Crippen LogP) is 1.00. The number of carbonyl (C=O) groups is 1. The van der Waals surface area contributed by atoms with Gasteiger partial charge in [-0.05, 0) is 25.5 Å². The van der Waals surface area contributed by atoms with Crippen LogP contribution in [0.2, 0.25) is 0 Å². The highest BCUT2D eigenvalue weighted by Crippen LogP contribution is 2.24. The van der Waals surface area contributed by atoms with Crippen LogP contribution in [-0.2, 0) is 9.84 Å². The summed E-state index contributed by atoms with van der Waals surface area (Å²) in [6, 6.07) is 6.87. The van der Waals surface area contributed by atoms with E-state index >= 15 is 0 Å². The number of benzene rings is 1. The molecule has 1 atom stereocenters. The van der Waals surface area contributed by atoms with Crippen LogP contribution in [0.3, 0.4) is 0 Å². The molecule has 1 heterocycles. The van der Waals surface area contributed by atoms with E-state index in [1.807, 2.05) is 0 Å². The van der Waals surface area contributed by atoms with Crippen LogP contribution >= 0.6 is 0 Å². The van der Waals surface area contributed by atoms with Gasteiger partial charge in [0.2, 0.25) is 0 Å². The Kier molecular flexibility index (Phi) is 3.54. The third-order valence-electron chi connectivity index (χ3n) is 3.27. The smallest absolute Gasteiger partial charge is 0.255 e. The molecule has 1 amide bonds. The Balaban J connectivity index is 2.18. The van der Waals surface area contributed by atoms with E-state index in [2.05, 4.69) is 5.32 Å². The second kappa shape index (κ2) is 4.85. The average Bonchev–Trinajstić information content (AvgIpc) is 2.63. The standard InChI is InChI=1S/C13H17NO4S/c1-13(7-8-19(16,17)9-13)14-12(15)10-5-3-4-6-11(10)18-2/h3-6H,7-9H2,1-2H3,(H,14,15). The van der Waals surface area contributed by atoms with E-state index in [0.29, 0.717) is 17.7 Å². The van der Waals surface area contributed by atoms with Crippen LogP contribution in [-0.4, -0.2) is 38.5 Å². The lowest BCUT2D eigenvalue weighted by Crippen LogP contribution is -2.47. The van der Waals surface area contributed by atoms with E-state index < -0.39 is 15.4 Å². The number of amides is 1. The molecule has 1 fully saturated rings. The molecule has 0 saturated carbocycles. The molecule has 1 aromatic rings. The minimum Gasteiger partial charge on any atom is -0.496 e. The molecule has 0 aliphatic carbocycles. The van der Waals surface area contributed by atoms with Crippen LogP contribution in [0.15, 0.2) is 24.3 Å². The maximum Gasteiger partial charge on any atom is 0.255 e. The lowest BCUT2D eigenvalue weighted by Gasteiger charge is -2.24. The zero-order valence-corrected chi connectivity index (χ0v) is 11.8. The van der Waals surface area contributed by atoms with Gasteiger partial charge < -0.3 is 10.1 Å². The van der Waals surface area contributed by atoms with Gasteiger partial charge in [0.15, 0.2) is 9.84 Å². The fourth-order valence-electron chi connectivity index (χ4n) is 2.28. The van der Waals surface area contributed by atoms with Gasteiger partial charge in [0.05, 0.1) is 29.7 Å². The van der Waals surface area contributed by atoms with E-state index in [1.54, 1.807) is 31.2 Å². The predicted molar refractivity (Wildman–Crippen MR) is 72.1 cm³/mol. The van der Waals surface area contributed by atoms with Crippen molar-refractivity contribution >= 4 is 15.7 Å². The summed E-state index contributed by atoms with van der Waals surface area (Å²) in [5.74, 6) is 0.276. The van der Waals surface area contributed by atoms with Gasteiger partial charge in [0.25, 0.3) is 5.91 Å². The molecular formula is C13H17NO4S. The van der Waals surface area contributed by atoms with Crippen LogP contribution in [0.4, 0.5) is 0 Å². The number of para-hydroxylation sites is 1. The Morgan fingerprint density at radius 1 is 1.37 bits per heavy atom. The molecule has 1 aromatic carbocycles. The molecule has 104 valence electrons. The van der Waals surface area contributed by atoms with Crippen molar-refractivity contribution in [1.29, 1.82) is 0 Å². The highest BCUT2D eigenvalue weighted by Gasteiger charge is 2.39. The molecule has 19 heavy (non-hydrogen) atoms. The molecule has 6 heteroatoms. The number of sulfone groups is 1. The van der Waals surface area contributed by atoms with Gasteiger partial charge in [-0.25, -0.2) is 8.42 Å². The molecule has 1 aliphatic heterocycles. The first-order valence-corrected chi connectivity index (χ1v) is 7.83.